The highest BCUT2D eigenvalue weighted by Crippen LogP contribution is 2.16. The van der Waals surface area contributed by atoms with Crippen molar-refractivity contribution in [1.29, 1.82) is 5.41 Å². The largest absolute Gasteiger partial charge is 0.388 e. The minimum absolute atomic E-state index is 0.306. The fraction of sp³-hybridized carbons (Fsp3) is 0.909. The topological polar surface area (TPSA) is 62.3 Å². The molecule has 1 rings (SSSR count). The van der Waals surface area contributed by atoms with Crippen LogP contribution in [0.3, 0.4) is 0 Å². The van der Waals surface area contributed by atoms with E-state index in [-0.39, 0.29) is 0 Å². The fourth-order valence-electron chi connectivity index (χ4n) is 2.22. The summed E-state index contributed by atoms with van der Waals surface area (Å²) >= 11 is 0. The Hall–Kier alpha value is -0.610. The molecule has 0 aliphatic carbocycles. The number of nitrogens with one attached hydrogen (secondary N) is 1. The Morgan fingerprint density at radius 2 is 2.40 bits per heavy atom. The molecule has 88 valence electrons. The van der Waals surface area contributed by atoms with Crippen molar-refractivity contribution in [1.82, 2.24) is 4.90 Å². The molecular formula is C11H23N3O. The van der Waals surface area contributed by atoms with E-state index in [0.717, 1.165) is 32.5 Å². The number of hydrogen-bond donors (Lipinski definition) is 2. The predicted molar refractivity (Wildman–Crippen MR) is 62.2 cm³/mol. The zero-order chi connectivity index (χ0) is 11.1. The van der Waals surface area contributed by atoms with Crippen molar-refractivity contribution in [3.05, 3.63) is 0 Å². The summed E-state index contributed by atoms with van der Waals surface area (Å²) < 4.78 is 5.19. The summed E-state index contributed by atoms with van der Waals surface area (Å²) in [5, 5.41) is 7.16. The quantitative estimate of drug-likeness (QED) is 0.512. The summed E-state index contributed by atoms with van der Waals surface area (Å²) in [4.78, 5) is 2.47. The average Bonchev–Trinajstić information content (AvgIpc) is 2.18. The molecule has 4 heteroatoms. The molecule has 1 unspecified atom stereocenters. The van der Waals surface area contributed by atoms with Crippen molar-refractivity contribution < 1.29 is 4.74 Å². The van der Waals surface area contributed by atoms with E-state index in [1.54, 1.807) is 7.11 Å². The Balaban J connectivity index is 2.15. The Morgan fingerprint density at radius 1 is 1.60 bits per heavy atom. The van der Waals surface area contributed by atoms with Gasteiger partial charge in [0.2, 0.25) is 0 Å². The monoisotopic (exact) mass is 213 g/mol. The van der Waals surface area contributed by atoms with Crippen molar-refractivity contribution in [3.63, 3.8) is 0 Å². The van der Waals surface area contributed by atoms with Crippen LogP contribution in [0.5, 0.6) is 0 Å². The van der Waals surface area contributed by atoms with Crippen LogP contribution in [0.1, 0.15) is 25.7 Å². The number of nitrogens with two attached hydrogens (primary N) is 1. The molecule has 1 aliphatic heterocycles. The number of piperidine rings is 1. The molecule has 1 heterocycles. The van der Waals surface area contributed by atoms with E-state index >= 15 is 0 Å². The summed E-state index contributed by atoms with van der Waals surface area (Å²) in [5.41, 5.74) is 5.33. The van der Waals surface area contributed by atoms with E-state index < -0.39 is 0 Å². The average molecular weight is 213 g/mol. The summed E-state index contributed by atoms with van der Waals surface area (Å²) in [5.74, 6) is 1.00. The lowest BCUT2D eigenvalue weighted by Gasteiger charge is -2.32. The Bertz CT molecular complexity index is 194. The van der Waals surface area contributed by atoms with Gasteiger partial charge in [0.1, 0.15) is 0 Å². The van der Waals surface area contributed by atoms with Crippen LogP contribution in [0.15, 0.2) is 0 Å². The second-order valence-electron chi connectivity index (χ2n) is 4.39. The molecule has 0 saturated carbocycles. The zero-order valence-corrected chi connectivity index (χ0v) is 9.67. The first-order chi connectivity index (χ1) is 7.22. The summed E-state index contributed by atoms with van der Waals surface area (Å²) in [6, 6.07) is 0. The highest BCUT2D eigenvalue weighted by molar-refractivity contribution is 5.76. The smallest absolute Gasteiger partial charge is 0.0905 e. The maximum atomic E-state index is 7.16. The molecule has 0 radical (unpaired) electrons. The lowest BCUT2D eigenvalue weighted by Crippen LogP contribution is -2.37. The zero-order valence-electron chi connectivity index (χ0n) is 9.67. The second kappa shape index (κ2) is 6.80. The number of hydrogen-bond acceptors (Lipinski definition) is 3. The Labute approximate surface area is 92.3 Å². The molecule has 0 bridgehead atoms. The molecule has 15 heavy (non-hydrogen) atoms. The lowest BCUT2D eigenvalue weighted by molar-refractivity contribution is 0.0904. The molecule has 0 aromatic rings. The second-order valence-corrected chi connectivity index (χ2v) is 4.39. The first kappa shape index (κ1) is 12.5. The maximum absolute atomic E-state index is 7.16. The van der Waals surface area contributed by atoms with E-state index in [0.29, 0.717) is 11.8 Å². The van der Waals surface area contributed by atoms with Gasteiger partial charge >= 0.3 is 0 Å². The highest BCUT2D eigenvalue weighted by Gasteiger charge is 2.18. The molecule has 1 saturated heterocycles. The molecule has 0 aromatic heterocycles. The maximum Gasteiger partial charge on any atom is 0.0905 e. The van der Waals surface area contributed by atoms with Gasteiger partial charge in [0.25, 0.3) is 0 Å². The summed E-state index contributed by atoms with van der Waals surface area (Å²) in [6.45, 7) is 4.28. The van der Waals surface area contributed by atoms with Crippen LogP contribution in [-0.2, 0) is 4.74 Å². The summed E-state index contributed by atoms with van der Waals surface area (Å²) in [6.07, 6.45) is 4.30. The third-order valence-corrected chi connectivity index (χ3v) is 2.93. The lowest BCUT2D eigenvalue weighted by atomic mass is 9.99. The SMILES string of the molecule is COCC1CCCN(CCCC(=N)N)C1. The molecule has 1 fully saturated rings. The molecule has 3 N–H and O–H groups in total. The van der Waals surface area contributed by atoms with E-state index in [1.807, 2.05) is 0 Å². The molecule has 1 aliphatic rings. The van der Waals surface area contributed by atoms with Gasteiger partial charge in [0.05, 0.1) is 12.4 Å². The number of rotatable bonds is 6. The van der Waals surface area contributed by atoms with Crippen molar-refractivity contribution in [2.45, 2.75) is 25.7 Å². The number of likely N-dealkylation sites (tertiary alicyclic amines) is 1. The van der Waals surface area contributed by atoms with Crippen molar-refractivity contribution >= 4 is 5.84 Å². The minimum atomic E-state index is 0.306. The van der Waals surface area contributed by atoms with Crippen molar-refractivity contribution in [3.8, 4) is 0 Å². The van der Waals surface area contributed by atoms with E-state index in [1.165, 1.54) is 19.4 Å². The van der Waals surface area contributed by atoms with Crippen LogP contribution >= 0.6 is 0 Å². The molecule has 0 spiro atoms. The first-order valence-corrected chi connectivity index (χ1v) is 5.76. The van der Waals surface area contributed by atoms with Crippen LogP contribution in [0.4, 0.5) is 0 Å². The highest BCUT2D eigenvalue weighted by atomic mass is 16.5. The third-order valence-electron chi connectivity index (χ3n) is 2.93. The molecule has 4 nitrogen and oxygen atoms in total. The van der Waals surface area contributed by atoms with Gasteiger partial charge in [-0.1, -0.05) is 0 Å². The fourth-order valence-corrected chi connectivity index (χ4v) is 2.22. The van der Waals surface area contributed by atoms with Gasteiger partial charge in [-0.15, -0.1) is 0 Å². The van der Waals surface area contributed by atoms with Crippen LogP contribution in [0, 0.1) is 11.3 Å². The standard InChI is InChI=1S/C11H23N3O/c1-15-9-10-4-2-6-14(8-10)7-3-5-11(12)13/h10H,2-9H2,1H3,(H3,12,13). The number of amidine groups is 1. The molecule has 0 aromatic carbocycles. The van der Waals surface area contributed by atoms with Gasteiger partial charge in [-0.05, 0) is 38.3 Å². The normalized spacial score (nSPS) is 22.9. The van der Waals surface area contributed by atoms with Crippen LogP contribution in [-0.4, -0.2) is 44.1 Å². The van der Waals surface area contributed by atoms with Gasteiger partial charge in [-0.3, -0.25) is 5.41 Å². The summed E-state index contributed by atoms with van der Waals surface area (Å²) in [7, 11) is 1.77. The van der Waals surface area contributed by atoms with E-state index in [9.17, 15) is 0 Å². The number of methoxy groups -OCH3 is 1. The molecule has 0 amide bonds. The van der Waals surface area contributed by atoms with E-state index in [2.05, 4.69) is 4.90 Å². The van der Waals surface area contributed by atoms with Crippen molar-refractivity contribution in [2.24, 2.45) is 11.7 Å². The minimum Gasteiger partial charge on any atom is -0.388 e. The van der Waals surface area contributed by atoms with Crippen molar-refractivity contribution in [2.75, 3.05) is 33.4 Å². The van der Waals surface area contributed by atoms with Gasteiger partial charge in [-0.25, -0.2) is 0 Å². The van der Waals surface area contributed by atoms with Gasteiger partial charge in [-0.2, -0.15) is 0 Å². The van der Waals surface area contributed by atoms with Gasteiger partial charge < -0.3 is 15.4 Å². The van der Waals surface area contributed by atoms with Crippen LogP contribution in [0.2, 0.25) is 0 Å². The molecule has 1 atom stereocenters. The third kappa shape index (κ3) is 5.14. The van der Waals surface area contributed by atoms with E-state index in [4.69, 9.17) is 15.9 Å². The Morgan fingerprint density at radius 3 is 3.07 bits per heavy atom. The van der Waals surface area contributed by atoms with Gasteiger partial charge in [0, 0.05) is 20.1 Å². The Kier molecular flexibility index (Phi) is 5.65. The number of ether oxygens (including phenoxy) is 1. The number of nitrogens with zero attached hydrogens (tertiary/aromatic N) is 1. The molecular weight excluding hydrogens is 190 g/mol. The predicted octanol–water partition coefficient (Wildman–Crippen LogP) is 1.06. The van der Waals surface area contributed by atoms with Crippen LogP contribution in [0.25, 0.3) is 0 Å². The first-order valence-electron chi connectivity index (χ1n) is 5.76. The van der Waals surface area contributed by atoms with Gasteiger partial charge in [0.15, 0.2) is 0 Å². The van der Waals surface area contributed by atoms with Crippen LogP contribution < -0.4 is 5.73 Å².